The normalized spacial score (nSPS) is 22.9. The lowest BCUT2D eigenvalue weighted by Crippen LogP contribution is -2.41. The second kappa shape index (κ2) is 8.80. The van der Waals surface area contributed by atoms with Gasteiger partial charge in [0.15, 0.2) is 4.75 Å². The number of anilines is 1. The average Bonchev–Trinajstić information content (AvgIpc) is 2.57. The van der Waals surface area contributed by atoms with E-state index in [1.807, 2.05) is 20.8 Å². The quantitative estimate of drug-likeness (QED) is 0.614. The summed E-state index contributed by atoms with van der Waals surface area (Å²) in [4.78, 5) is 3.98. The molecule has 0 saturated heterocycles. The van der Waals surface area contributed by atoms with Gasteiger partial charge in [0, 0.05) is 19.3 Å². The molecule has 26 heavy (non-hydrogen) atoms. The predicted molar refractivity (Wildman–Crippen MR) is 101 cm³/mol. The van der Waals surface area contributed by atoms with Crippen molar-refractivity contribution in [2.24, 2.45) is 11.8 Å². The van der Waals surface area contributed by atoms with Crippen molar-refractivity contribution in [3.8, 4) is 0 Å². The number of aromatic nitrogens is 1. The van der Waals surface area contributed by atoms with Crippen LogP contribution in [0.4, 0.5) is 19.0 Å². The molecule has 148 valence electrons. The van der Waals surface area contributed by atoms with E-state index in [-0.39, 0.29) is 10.6 Å². The summed E-state index contributed by atoms with van der Waals surface area (Å²) in [5.41, 5.74) is -0.678. The number of nitrogens with zero attached hydrogens (tertiary/aromatic N) is 1. The van der Waals surface area contributed by atoms with Gasteiger partial charge in [0.2, 0.25) is 11.4 Å². The van der Waals surface area contributed by atoms with E-state index < -0.39 is 23.1 Å². The van der Waals surface area contributed by atoms with Crippen LogP contribution in [0.5, 0.6) is 0 Å². The molecule has 1 heterocycles. The van der Waals surface area contributed by atoms with Crippen LogP contribution in [0.25, 0.3) is 0 Å². The summed E-state index contributed by atoms with van der Waals surface area (Å²) in [7, 11) is 0. The minimum absolute atomic E-state index is 0.154. The number of hydrogen-bond donors (Lipinski definition) is 3. The van der Waals surface area contributed by atoms with Gasteiger partial charge in [0.25, 0.3) is 0 Å². The summed E-state index contributed by atoms with van der Waals surface area (Å²) in [6.07, 6.45) is 1.05. The highest BCUT2D eigenvalue weighted by molar-refractivity contribution is 7.90. The summed E-state index contributed by atoms with van der Waals surface area (Å²) in [5, 5.41) is 3.05. The van der Waals surface area contributed by atoms with Crippen LogP contribution in [0.3, 0.4) is 0 Å². The molecule has 3 N–H and O–H groups in total. The fourth-order valence-corrected chi connectivity index (χ4v) is 3.83. The maximum Gasteiger partial charge on any atom is 0.416 e. The number of nitrogens with one attached hydrogen (secondary N) is 2. The maximum absolute atomic E-state index is 12.7. The van der Waals surface area contributed by atoms with E-state index >= 15 is 0 Å². The van der Waals surface area contributed by atoms with Gasteiger partial charge >= 0.3 is 6.18 Å². The molecule has 1 unspecified atom stereocenters. The summed E-state index contributed by atoms with van der Waals surface area (Å²) < 4.78 is 51.4. The average molecular weight is 393 g/mol. The molecule has 0 bridgehead atoms. The first-order valence-electron chi connectivity index (χ1n) is 9.00. The topological polar surface area (TPSA) is 57.2 Å². The Morgan fingerprint density at radius 2 is 1.69 bits per heavy atom. The largest absolute Gasteiger partial charge is 0.416 e. The van der Waals surface area contributed by atoms with Crippen molar-refractivity contribution in [3.05, 3.63) is 23.9 Å². The molecule has 1 aromatic rings. The highest BCUT2D eigenvalue weighted by Gasteiger charge is 2.35. The molecule has 0 spiro atoms. The first kappa shape index (κ1) is 21.3. The second-order valence-electron chi connectivity index (χ2n) is 7.94. The monoisotopic (exact) mass is 392 g/mol. The number of alkyl halides is 3. The van der Waals surface area contributed by atoms with E-state index in [0.717, 1.165) is 44.4 Å². The van der Waals surface area contributed by atoms with Crippen LogP contribution in [-0.4, -0.2) is 27.4 Å². The number of pyridine rings is 1. The Morgan fingerprint density at radius 3 is 2.23 bits per heavy atom. The van der Waals surface area contributed by atoms with Gasteiger partial charge in [-0.25, -0.2) is 4.98 Å². The molecule has 1 saturated carbocycles. The van der Waals surface area contributed by atoms with Crippen molar-refractivity contribution in [2.75, 3.05) is 18.4 Å². The third kappa shape index (κ3) is 6.63. The Morgan fingerprint density at radius 1 is 1.12 bits per heavy atom. The Labute approximate surface area is 156 Å². The predicted octanol–water partition coefficient (Wildman–Crippen LogP) is 4.71. The smallest absolute Gasteiger partial charge is 0.370 e. The Kier molecular flexibility index (Phi) is 7.21. The second-order valence-corrected chi connectivity index (χ2v) is 10.0. The molecule has 0 radical (unpaired) electrons. The molecule has 0 amide bonds. The first-order chi connectivity index (χ1) is 12.1. The number of halogens is 3. The van der Waals surface area contributed by atoms with Crippen molar-refractivity contribution in [2.45, 2.75) is 57.4 Å². The zero-order valence-electron chi connectivity index (χ0n) is 15.6. The van der Waals surface area contributed by atoms with Gasteiger partial charge in [-0.1, -0.05) is 0 Å². The van der Waals surface area contributed by atoms with Crippen molar-refractivity contribution in [1.82, 2.24) is 9.71 Å². The van der Waals surface area contributed by atoms with E-state index in [4.69, 9.17) is 0 Å². The van der Waals surface area contributed by atoms with Crippen molar-refractivity contribution < 1.29 is 17.7 Å². The van der Waals surface area contributed by atoms with Gasteiger partial charge in [-0.2, -0.15) is 17.7 Å². The van der Waals surface area contributed by atoms with Gasteiger partial charge < -0.3 is 5.32 Å². The Bertz CT molecular complexity index is 570. The zero-order valence-corrected chi connectivity index (χ0v) is 16.4. The molecule has 2 rings (SSSR count). The molecular weight excluding hydrogens is 363 g/mol. The van der Waals surface area contributed by atoms with Crippen molar-refractivity contribution >= 4 is 17.2 Å². The summed E-state index contributed by atoms with van der Waals surface area (Å²) in [5.74, 6) is 1.26. The molecule has 4 nitrogen and oxygen atoms in total. The highest BCUT2D eigenvalue weighted by Crippen LogP contribution is 2.31. The molecule has 1 aliphatic rings. The van der Waals surface area contributed by atoms with Gasteiger partial charge in [-0.15, -0.1) is 4.72 Å². The van der Waals surface area contributed by atoms with Crippen LogP contribution in [0.15, 0.2) is 18.3 Å². The van der Waals surface area contributed by atoms with Crippen molar-refractivity contribution in [1.29, 1.82) is 0 Å². The minimum Gasteiger partial charge on any atom is -0.370 e. The Hall–Kier alpha value is -0.990. The zero-order chi connectivity index (χ0) is 19.4. The van der Waals surface area contributed by atoms with Crippen LogP contribution in [0, 0.1) is 11.8 Å². The van der Waals surface area contributed by atoms with Gasteiger partial charge in [0.1, 0.15) is 5.82 Å². The molecule has 1 atom stereocenters. The van der Waals surface area contributed by atoms with Crippen molar-refractivity contribution in [3.63, 3.8) is 0 Å². The van der Waals surface area contributed by atoms with Crippen LogP contribution in [-0.2, 0) is 17.5 Å². The van der Waals surface area contributed by atoms with Gasteiger partial charge in [-0.3, -0.25) is 0 Å². The number of rotatable bonds is 6. The maximum atomic E-state index is 12.7. The standard InChI is InChI=1S/C18H29F3N3OS/c1-17(2,3)26(25)24-12-14-6-4-13(5-7-14)11-23-16-10-15(8-9-22-16)18(19,20)21/h8-10,13-14,24-25H,4-7,11-12H2,1-3H3,(H,22,23)/q+1. The van der Waals surface area contributed by atoms with Crippen LogP contribution in [0.1, 0.15) is 52.0 Å². The van der Waals surface area contributed by atoms with Crippen LogP contribution < -0.4 is 10.0 Å². The van der Waals surface area contributed by atoms with E-state index in [1.165, 1.54) is 6.20 Å². The lowest BCUT2D eigenvalue weighted by molar-refractivity contribution is -0.137. The number of hydrogen-bond acceptors (Lipinski definition) is 4. The van der Waals surface area contributed by atoms with E-state index in [1.54, 1.807) is 0 Å². The molecular formula is C18H29F3N3OS+. The lowest BCUT2D eigenvalue weighted by atomic mass is 9.82. The fraction of sp³-hybridized carbons (Fsp3) is 0.722. The Balaban J connectivity index is 1.72. The molecule has 1 aliphatic carbocycles. The van der Waals surface area contributed by atoms with E-state index in [9.17, 15) is 17.7 Å². The third-order valence-electron chi connectivity index (χ3n) is 4.71. The fourth-order valence-electron chi connectivity index (χ4n) is 3.01. The third-order valence-corrected chi connectivity index (χ3v) is 6.31. The summed E-state index contributed by atoms with van der Waals surface area (Å²) in [6.45, 7) is 7.47. The van der Waals surface area contributed by atoms with Crippen LogP contribution in [0.2, 0.25) is 0 Å². The van der Waals surface area contributed by atoms with E-state index in [0.29, 0.717) is 18.4 Å². The SMILES string of the molecule is CC(C)(C)[S+](O)NCC1CCC(CNc2cc(C(F)(F)F)ccn2)CC1. The summed E-state index contributed by atoms with van der Waals surface area (Å²) in [6, 6.07) is 2.04. The molecule has 0 aromatic carbocycles. The van der Waals surface area contributed by atoms with Crippen LogP contribution >= 0.6 is 0 Å². The molecule has 1 fully saturated rings. The summed E-state index contributed by atoms with van der Waals surface area (Å²) >= 11 is -0.798. The lowest BCUT2D eigenvalue weighted by Gasteiger charge is -2.28. The highest BCUT2D eigenvalue weighted by atomic mass is 32.2. The minimum atomic E-state index is -4.34. The van der Waals surface area contributed by atoms with Gasteiger partial charge in [0.05, 0.1) is 5.56 Å². The van der Waals surface area contributed by atoms with Gasteiger partial charge in [-0.05, 0) is 70.4 Å². The molecule has 1 aromatic heterocycles. The molecule has 0 aliphatic heterocycles. The molecule has 8 heteroatoms. The van der Waals surface area contributed by atoms with E-state index in [2.05, 4.69) is 15.0 Å². The first-order valence-corrected chi connectivity index (χ1v) is 10.2.